The lowest BCUT2D eigenvalue weighted by Gasteiger charge is -2.00. The molecular weight excluding hydrogens is 284 g/mol. The molecule has 0 aliphatic rings. The van der Waals surface area contributed by atoms with Crippen molar-refractivity contribution in [2.45, 2.75) is 0 Å². The number of methoxy groups -OCH3 is 1. The zero-order valence-electron chi connectivity index (χ0n) is 10.9. The summed E-state index contributed by atoms with van der Waals surface area (Å²) in [6.07, 6.45) is 0. The summed E-state index contributed by atoms with van der Waals surface area (Å²) in [6, 6.07) is 17.2. The fourth-order valence-corrected chi connectivity index (χ4v) is 4.35. The third kappa shape index (κ3) is 1.82. The van der Waals surface area contributed by atoms with Crippen LogP contribution in [0.2, 0.25) is 0 Å². The van der Waals surface area contributed by atoms with Crippen molar-refractivity contribution >= 4 is 42.8 Å². The van der Waals surface area contributed by atoms with Crippen LogP contribution in [0.15, 0.2) is 53.9 Å². The van der Waals surface area contributed by atoms with Crippen LogP contribution >= 0.6 is 22.7 Å². The Morgan fingerprint density at radius 2 is 1.65 bits per heavy atom. The summed E-state index contributed by atoms with van der Waals surface area (Å²) in [5.74, 6) is 0.898. The molecule has 1 nitrogen and oxygen atoms in total. The maximum absolute atomic E-state index is 5.22. The fraction of sp³-hybridized carbons (Fsp3) is 0.0588. The first-order chi connectivity index (χ1) is 9.85. The van der Waals surface area contributed by atoms with Crippen LogP contribution in [0.5, 0.6) is 5.75 Å². The minimum atomic E-state index is 0.898. The minimum Gasteiger partial charge on any atom is -0.497 e. The van der Waals surface area contributed by atoms with Crippen LogP contribution in [0, 0.1) is 0 Å². The van der Waals surface area contributed by atoms with Crippen LogP contribution in [-0.2, 0) is 0 Å². The molecule has 2 heterocycles. The van der Waals surface area contributed by atoms with E-state index >= 15 is 0 Å². The Morgan fingerprint density at radius 1 is 0.850 bits per heavy atom. The Labute approximate surface area is 125 Å². The largest absolute Gasteiger partial charge is 0.497 e. The standard InChI is InChI=1S/C17H12OS2/c1-18-12-4-2-11(3-5-12)17-10-14-13-8-9-19-15(13)6-7-16(14)20-17/h2-10H,1H3. The van der Waals surface area contributed by atoms with Gasteiger partial charge in [-0.15, -0.1) is 22.7 Å². The van der Waals surface area contributed by atoms with Crippen molar-refractivity contribution < 1.29 is 4.74 Å². The predicted molar refractivity (Wildman–Crippen MR) is 89.2 cm³/mol. The molecule has 4 rings (SSSR count). The molecule has 0 fully saturated rings. The summed E-state index contributed by atoms with van der Waals surface area (Å²) >= 11 is 3.65. The molecule has 0 saturated carbocycles. The van der Waals surface area contributed by atoms with Gasteiger partial charge in [-0.2, -0.15) is 0 Å². The first-order valence-electron chi connectivity index (χ1n) is 6.39. The van der Waals surface area contributed by atoms with Crippen molar-refractivity contribution in [1.82, 2.24) is 0 Å². The number of fused-ring (bicyclic) bond motifs is 3. The minimum absolute atomic E-state index is 0.898. The molecule has 3 heteroatoms. The van der Waals surface area contributed by atoms with Gasteiger partial charge < -0.3 is 4.74 Å². The molecule has 2 aromatic carbocycles. The van der Waals surface area contributed by atoms with Gasteiger partial charge in [-0.05, 0) is 59.5 Å². The summed E-state index contributed by atoms with van der Waals surface area (Å²) in [4.78, 5) is 1.31. The Morgan fingerprint density at radius 3 is 2.45 bits per heavy atom. The van der Waals surface area contributed by atoms with E-state index in [0.717, 1.165) is 5.75 Å². The molecule has 0 amide bonds. The van der Waals surface area contributed by atoms with E-state index in [1.54, 1.807) is 18.4 Å². The number of hydrogen-bond donors (Lipinski definition) is 0. The van der Waals surface area contributed by atoms with E-state index in [2.05, 4.69) is 41.8 Å². The van der Waals surface area contributed by atoms with Crippen molar-refractivity contribution in [1.29, 1.82) is 0 Å². The average Bonchev–Trinajstić information content (AvgIpc) is 3.12. The first kappa shape index (κ1) is 11.9. The van der Waals surface area contributed by atoms with E-state index in [9.17, 15) is 0 Å². The van der Waals surface area contributed by atoms with Crippen molar-refractivity contribution in [3.63, 3.8) is 0 Å². The highest BCUT2D eigenvalue weighted by atomic mass is 32.1. The molecule has 0 aliphatic carbocycles. The van der Waals surface area contributed by atoms with Gasteiger partial charge >= 0.3 is 0 Å². The van der Waals surface area contributed by atoms with E-state index in [0.29, 0.717) is 0 Å². The Balaban J connectivity index is 1.90. The van der Waals surface area contributed by atoms with E-state index in [1.807, 2.05) is 23.5 Å². The van der Waals surface area contributed by atoms with Gasteiger partial charge in [0.1, 0.15) is 5.75 Å². The van der Waals surface area contributed by atoms with Gasteiger partial charge in [-0.3, -0.25) is 0 Å². The van der Waals surface area contributed by atoms with Crippen LogP contribution in [0.4, 0.5) is 0 Å². The molecule has 98 valence electrons. The number of hydrogen-bond acceptors (Lipinski definition) is 3. The zero-order valence-corrected chi connectivity index (χ0v) is 12.6. The first-order valence-corrected chi connectivity index (χ1v) is 8.09. The molecule has 0 spiro atoms. The molecule has 0 bridgehead atoms. The summed E-state index contributed by atoms with van der Waals surface area (Å²) in [5, 5.41) is 4.89. The number of benzene rings is 2. The highest BCUT2D eigenvalue weighted by Crippen LogP contribution is 2.38. The van der Waals surface area contributed by atoms with Crippen LogP contribution < -0.4 is 4.74 Å². The van der Waals surface area contributed by atoms with Gasteiger partial charge in [0.15, 0.2) is 0 Å². The second-order valence-electron chi connectivity index (χ2n) is 4.65. The van der Waals surface area contributed by atoms with Crippen molar-refractivity contribution in [2.75, 3.05) is 7.11 Å². The second-order valence-corrected chi connectivity index (χ2v) is 6.68. The highest BCUT2D eigenvalue weighted by Gasteiger charge is 2.08. The van der Waals surface area contributed by atoms with Crippen LogP contribution in [0.25, 0.3) is 30.6 Å². The lowest BCUT2D eigenvalue weighted by Crippen LogP contribution is -1.81. The summed E-state index contributed by atoms with van der Waals surface area (Å²) in [5.41, 5.74) is 1.25. The van der Waals surface area contributed by atoms with Gasteiger partial charge in [-0.1, -0.05) is 0 Å². The summed E-state index contributed by atoms with van der Waals surface area (Å²) in [7, 11) is 1.70. The maximum Gasteiger partial charge on any atom is 0.118 e. The number of thiophene rings is 2. The molecule has 20 heavy (non-hydrogen) atoms. The second kappa shape index (κ2) is 4.62. The number of ether oxygens (including phenoxy) is 1. The Hall–Kier alpha value is -1.84. The van der Waals surface area contributed by atoms with E-state index in [-0.39, 0.29) is 0 Å². The molecule has 2 aromatic heterocycles. The zero-order chi connectivity index (χ0) is 13.5. The highest BCUT2D eigenvalue weighted by molar-refractivity contribution is 7.23. The van der Waals surface area contributed by atoms with E-state index in [1.165, 1.54) is 30.6 Å². The van der Waals surface area contributed by atoms with Gasteiger partial charge in [0.2, 0.25) is 0 Å². The molecule has 0 N–H and O–H groups in total. The molecule has 0 aliphatic heterocycles. The van der Waals surface area contributed by atoms with Crippen LogP contribution in [0.1, 0.15) is 0 Å². The molecular formula is C17H12OS2. The lowest BCUT2D eigenvalue weighted by atomic mass is 10.1. The van der Waals surface area contributed by atoms with Crippen molar-refractivity contribution in [2.24, 2.45) is 0 Å². The molecule has 0 atom stereocenters. The monoisotopic (exact) mass is 296 g/mol. The topological polar surface area (TPSA) is 9.23 Å². The molecule has 0 radical (unpaired) electrons. The molecule has 0 saturated heterocycles. The normalized spacial score (nSPS) is 11.2. The van der Waals surface area contributed by atoms with Gasteiger partial charge in [0, 0.05) is 25.0 Å². The smallest absolute Gasteiger partial charge is 0.118 e. The Bertz CT molecular complexity index is 884. The van der Waals surface area contributed by atoms with Crippen LogP contribution in [0.3, 0.4) is 0 Å². The predicted octanol–water partition coefficient (Wildman–Crippen LogP) is 5.79. The fourth-order valence-electron chi connectivity index (χ4n) is 2.46. The van der Waals surface area contributed by atoms with Gasteiger partial charge in [-0.25, -0.2) is 0 Å². The van der Waals surface area contributed by atoms with Crippen molar-refractivity contribution in [3.05, 3.63) is 53.9 Å². The molecule has 4 aromatic rings. The summed E-state index contributed by atoms with van der Waals surface area (Å²) < 4.78 is 7.92. The number of rotatable bonds is 2. The summed E-state index contributed by atoms with van der Waals surface area (Å²) in [6.45, 7) is 0. The Kier molecular flexibility index (Phi) is 2.76. The van der Waals surface area contributed by atoms with Gasteiger partial charge in [0.05, 0.1) is 7.11 Å². The van der Waals surface area contributed by atoms with Gasteiger partial charge in [0.25, 0.3) is 0 Å². The lowest BCUT2D eigenvalue weighted by molar-refractivity contribution is 0.415. The van der Waals surface area contributed by atoms with Crippen molar-refractivity contribution in [3.8, 4) is 16.2 Å². The van der Waals surface area contributed by atoms with E-state index < -0.39 is 0 Å². The quantitative estimate of drug-likeness (QED) is 0.455. The third-order valence-electron chi connectivity index (χ3n) is 3.51. The van der Waals surface area contributed by atoms with Crippen LogP contribution in [-0.4, -0.2) is 7.11 Å². The molecule has 0 unspecified atom stereocenters. The maximum atomic E-state index is 5.22. The SMILES string of the molecule is COc1ccc(-c2cc3c(ccc4sccc43)s2)cc1. The van der Waals surface area contributed by atoms with E-state index in [4.69, 9.17) is 4.74 Å². The third-order valence-corrected chi connectivity index (χ3v) is 5.54. The average molecular weight is 296 g/mol.